The first-order valence-electron chi connectivity index (χ1n) is 9.80. The fraction of sp³-hybridized carbons (Fsp3) is 0.333. The van der Waals surface area contributed by atoms with Crippen LogP contribution in [0.25, 0.3) is 10.2 Å². The summed E-state index contributed by atoms with van der Waals surface area (Å²) in [5, 5.41) is 0.632. The lowest BCUT2D eigenvalue weighted by Crippen LogP contribution is -2.43. The van der Waals surface area contributed by atoms with Gasteiger partial charge in [0.15, 0.2) is 0 Å². The number of rotatable bonds is 5. The predicted molar refractivity (Wildman–Crippen MR) is 119 cm³/mol. The molecule has 6 nitrogen and oxygen atoms in total. The number of piperidine rings is 1. The minimum atomic E-state index is -3.79. The third kappa shape index (κ3) is 4.59. The second kappa shape index (κ2) is 8.82. The molecule has 1 aliphatic heterocycles. The zero-order valence-electron chi connectivity index (χ0n) is 16.8. The smallest absolute Gasteiger partial charge is 0.243 e. The van der Waals surface area contributed by atoms with Crippen LogP contribution < -0.4 is 0 Å². The van der Waals surface area contributed by atoms with Gasteiger partial charge in [-0.1, -0.05) is 23.7 Å². The topological polar surface area (TPSA) is 70.6 Å². The Kier molecular flexibility index (Phi) is 6.30. The molecule has 0 atom stereocenters. The number of benzene rings is 2. The lowest BCUT2D eigenvalue weighted by Gasteiger charge is -2.32. The maximum atomic E-state index is 13.4. The van der Waals surface area contributed by atoms with E-state index in [-0.39, 0.29) is 34.8 Å². The van der Waals surface area contributed by atoms with Crippen LogP contribution in [0.4, 0.5) is 4.39 Å². The van der Waals surface area contributed by atoms with Gasteiger partial charge in [-0.15, -0.1) is 11.3 Å². The molecule has 1 fully saturated rings. The molecule has 1 saturated heterocycles. The number of sulfonamides is 1. The molecule has 10 heteroatoms. The van der Waals surface area contributed by atoms with Crippen molar-refractivity contribution in [2.45, 2.75) is 24.3 Å². The number of hydrogen-bond donors (Lipinski definition) is 0. The Morgan fingerprint density at radius 1 is 1.26 bits per heavy atom. The van der Waals surface area contributed by atoms with Crippen molar-refractivity contribution >= 4 is 49.1 Å². The summed E-state index contributed by atoms with van der Waals surface area (Å²) < 4.78 is 41.4. The van der Waals surface area contributed by atoms with E-state index in [0.717, 1.165) is 27.4 Å². The van der Waals surface area contributed by atoms with Crippen molar-refractivity contribution in [2.75, 3.05) is 20.1 Å². The summed E-state index contributed by atoms with van der Waals surface area (Å²) in [6.45, 7) is 0.871. The summed E-state index contributed by atoms with van der Waals surface area (Å²) in [7, 11) is -2.04. The maximum Gasteiger partial charge on any atom is 0.243 e. The lowest BCUT2D eigenvalue weighted by molar-refractivity contribution is -0.135. The van der Waals surface area contributed by atoms with Gasteiger partial charge in [0.05, 0.1) is 26.7 Å². The van der Waals surface area contributed by atoms with E-state index in [0.29, 0.717) is 19.4 Å². The van der Waals surface area contributed by atoms with E-state index < -0.39 is 15.8 Å². The van der Waals surface area contributed by atoms with Gasteiger partial charge in [0, 0.05) is 26.1 Å². The van der Waals surface area contributed by atoms with E-state index in [4.69, 9.17) is 11.6 Å². The summed E-state index contributed by atoms with van der Waals surface area (Å²) >= 11 is 7.30. The molecular weight excluding hydrogens is 461 g/mol. The monoisotopic (exact) mass is 481 g/mol. The van der Waals surface area contributed by atoms with E-state index >= 15 is 0 Å². The number of halogens is 2. The van der Waals surface area contributed by atoms with E-state index in [1.807, 2.05) is 24.3 Å². The minimum absolute atomic E-state index is 0.0128. The van der Waals surface area contributed by atoms with Gasteiger partial charge in [0.2, 0.25) is 15.9 Å². The van der Waals surface area contributed by atoms with Crippen LogP contribution in [0.15, 0.2) is 47.4 Å². The molecule has 2 heterocycles. The number of hydrogen-bond acceptors (Lipinski definition) is 5. The van der Waals surface area contributed by atoms with Gasteiger partial charge in [0.25, 0.3) is 0 Å². The highest BCUT2D eigenvalue weighted by Crippen LogP contribution is 2.28. The van der Waals surface area contributed by atoms with Gasteiger partial charge >= 0.3 is 0 Å². The Balaban J connectivity index is 1.38. The van der Waals surface area contributed by atoms with Crippen molar-refractivity contribution in [3.05, 3.63) is 58.3 Å². The Morgan fingerprint density at radius 3 is 2.65 bits per heavy atom. The molecule has 0 N–H and O–H groups in total. The van der Waals surface area contributed by atoms with Crippen molar-refractivity contribution in [3.8, 4) is 0 Å². The molecule has 1 amide bonds. The highest BCUT2D eigenvalue weighted by atomic mass is 35.5. The quantitative estimate of drug-likeness (QED) is 0.549. The average Bonchev–Trinajstić information content (AvgIpc) is 3.17. The van der Waals surface area contributed by atoms with Crippen LogP contribution in [0.3, 0.4) is 0 Å². The standard InChI is InChI=1S/C21H21ClFN3O3S2/c1-25(13-20-24-18-4-2-3-5-19(18)30-20)21(27)14-8-10-26(11-9-14)31(28,29)15-6-7-17(23)16(22)12-15/h2-7,12,14H,8-11,13H2,1H3. The first-order chi connectivity index (χ1) is 14.8. The molecule has 0 saturated carbocycles. The summed E-state index contributed by atoms with van der Waals surface area (Å²) in [6, 6.07) is 11.2. The maximum absolute atomic E-state index is 13.4. The van der Waals surface area contributed by atoms with Gasteiger partial charge in [-0.05, 0) is 43.2 Å². The van der Waals surface area contributed by atoms with Crippen LogP contribution in [-0.2, 0) is 21.4 Å². The van der Waals surface area contributed by atoms with Gasteiger partial charge in [-0.2, -0.15) is 4.31 Å². The number of carbonyl (C=O) groups excluding carboxylic acids is 1. The SMILES string of the molecule is CN(Cc1nc2ccccc2s1)C(=O)C1CCN(S(=O)(=O)c2ccc(F)c(Cl)c2)CC1. The fourth-order valence-electron chi connectivity index (χ4n) is 3.71. The Morgan fingerprint density at radius 2 is 1.97 bits per heavy atom. The first-order valence-corrected chi connectivity index (χ1v) is 12.4. The molecule has 0 radical (unpaired) electrons. The molecule has 0 unspecified atom stereocenters. The molecule has 0 aliphatic carbocycles. The minimum Gasteiger partial charge on any atom is -0.339 e. The Labute approximate surface area is 189 Å². The summed E-state index contributed by atoms with van der Waals surface area (Å²) in [5.41, 5.74) is 0.919. The molecule has 3 aromatic rings. The van der Waals surface area contributed by atoms with E-state index in [1.54, 1.807) is 23.3 Å². The van der Waals surface area contributed by atoms with E-state index in [9.17, 15) is 17.6 Å². The van der Waals surface area contributed by atoms with Crippen LogP contribution in [0.5, 0.6) is 0 Å². The fourth-order valence-corrected chi connectivity index (χ4v) is 6.47. The second-order valence-corrected chi connectivity index (χ2v) is 11.0. The third-order valence-electron chi connectivity index (χ3n) is 5.42. The van der Waals surface area contributed by atoms with Crippen LogP contribution >= 0.6 is 22.9 Å². The zero-order valence-corrected chi connectivity index (χ0v) is 19.2. The zero-order chi connectivity index (χ0) is 22.2. The molecular formula is C21H21ClFN3O3S2. The molecule has 0 spiro atoms. The number of carbonyl (C=O) groups is 1. The normalized spacial score (nSPS) is 16.0. The molecule has 4 rings (SSSR count). The van der Waals surface area contributed by atoms with Crippen molar-refractivity contribution in [2.24, 2.45) is 5.92 Å². The largest absolute Gasteiger partial charge is 0.339 e. The molecule has 0 bridgehead atoms. The second-order valence-electron chi connectivity index (χ2n) is 7.52. The number of nitrogens with zero attached hydrogens (tertiary/aromatic N) is 3. The molecule has 1 aromatic heterocycles. The lowest BCUT2D eigenvalue weighted by atomic mass is 9.97. The summed E-state index contributed by atoms with van der Waals surface area (Å²) in [6.07, 6.45) is 0.856. The highest BCUT2D eigenvalue weighted by Gasteiger charge is 2.33. The highest BCUT2D eigenvalue weighted by molar-refractivity contribution is 7.89. The predicted octanol–water partition coefficient (Wildman–Crippen LogP) is 4.15. The van der Waals surface area contributed by atoms with Crippen LogP contribution in [0.2, 0.25) is 5.02 Å². The van der Waals surface area contributed by atoms with E-state index in [1.165, 1.54) is 10.4 Å². The number of amides is 1. The average molecular weight is 482 g/mol. The number of para-hydroxylation sites is 1. The summed E-state index contributed by atoms with van der Waals surface area (Å²) in [5.74, 6) is -0.926. The van der Waals surface area contributed by atoms with Gasteiger partial charge < -0.3 is 4.90 Å². The third-order valence-corrected chi connectivity index (χ3v) is 8.62. The summed E-state index contributed by atoms with van der Waals surface area (Å²) in [4.78, 5) is 19.1. The Hall–Kier alpha value is -2.07. The van der Waals surface area contributed by atoms with Gasteiger partial charge in [0.1, 0.15) is 10.8 Å². The number of aromatic nitrogens is 1. The van der Waals surface area contributed by atoms with Crippen molar-refractivity contribution in [3.63, 3.8) is 0 Å². The van der Waals surface area contributed by atoms with E-state index in [2.05, 4.69) is 4.98 Å². The van der Waals surface area contributed by atoms with Gasteiger partial charge in [-0.3, -0.25) is 4.79 Å². The Bertz CT molecular complexity index is 1190. The molecule has 1 aliphatic rings. The van der Waals surface area contributed by atoms with Gasteiger partial charge in [-0.25, -0.2) is 17.8 Å². The van der Waals surface area contributed by atoms with Crippen LogP contribution in [0, 0.1) is 11.7 Å². The molecule has 31 heavy (non-hydrogen) atoms. The molecule has 2 aromatic carbocycles. The van der Waals surface area contributed by atoms with Crippen molar-refractivity contribution in [1.82, 2.24) is 14.2 Å². The molecule has 164 valence electrons. The first kappa shape index (κ1) is 22.1. The number of thiazole rings is 1. The van der Waals surface area contributed by atoms with Crippen LogP contribution in [-0.4, -0.2) is 48.7 Å². The van der Waals surface area contributed by atoms with Crippen molar-refractivity contribution in [1.29, 1.82) is 0 Å². The number of fused-ring (bicyclic) bond motifs is 1. The van der Waals surface area contributed by atoms with Crippen molar-refractivity contribution < 1.29 is 17.6 Å². The van der Waals surface area contributed by atoms with Crippen LogP contribution in [0.1, 0.15) is 17.8 Å².